The van der Waals surface area contributed by atoms with Crippen LogP contribution in [0.3, 0.4) is 0 Å². The van der Waals surface area contributed by atoms with Crippen molar-refractivity contribution in [3.8, 4) is 11.5 Å². The van der Waals surface area contributed by atoms with E-state index in [4.69, 9.17) is 9.47 Å². The third-order valence-electron chi connectivity index (χ3n) is 5.02. The van der Waals surface area contributed by atoms with Gasteiger partial charge in [0.2, 0.25) is 0 Å². The zero-order chi connectivity index (χ0) is 16.0. The average Bonchev–Trinajstić information content (AvgIpc) is 2.48. The second-order valence-electron chi connectivity index (χ2n) is 6.27. The van der Waals surface area contributed by atoms with Crippen LogP contribution in [0.25, 0.3) is 0 Å². The highest BCUT2D eigenvalue weighted by Gasteiger charge is 2.51. The van der Waals surface area contributed by atoms with Crippen molar-refractivity contribution in [3.05, 3.63) is 23.8 Å². The van der Waals surface area contributed by atoms with Gasteiger partial charge in [-0.3, -0.25) is 0 Å². The lowest BCUT2D eigenvalue weighted by molar-refractivity contribution is 0.00298. The highest BCUT2D eigenvalue weighted by molar-refractivity contribution is 7.92. The molecule has 2 fully saturated rings. The van der Waals surface area contributed by atoms with E-state index < -0.39 is 25.9 Å². The minimum atomic E-state index is -3.10. The molecule has 0 aromatic heterocycles. The Balaban J connectivity index is 2.01. The molecule has 2 aliphatic heterocycles. The van der Waals surface area contributed by atoms with Gasteiger partial charge in [-0.2, -0.15) is 0 Å². The van der Waals surface area contributed by atoms with E-state index in [1.54, 1.807) is 32.4 Å². The van der Waals surface area contributed by atoms with E-state index >= 15 is 0 Å². The van der Waals surface area contributed by atoms with Crippen LogP contribution >= 0.6 is 0 Å². The van der Waals surface area contributed by atoms with Crippen molar-refractivity contribution < 1.29 is 23.0 Å². The summed E-state index contributed by atoms with van der Waals surface area (Å²) in [7, 11) is 0.0114. The van der Waals surface area contributed by atoms with Gasteiger partial charge in [-0.25, -0.2) is 8.42 Å². The molecule has 2 bridgehead atoms. The van der Waals surface area contributed by atoms with E-state index in [0.29, 0.717) is 29.9 Å². The lowest BCUT2D eigenvalue weighted by Gasteiger charge is -2.44. The van der Waals surface area contributed by atoms with Gasteiger partial charge in [-0.1, -0.05) is 6.42 Å². The number of hydrogen-bond donors (Lipinski definition) is 1. The quantitative estimate of drug-likeness (QED) is 0.920. The SMILES string of the molecule is COc1ccc(C2(O)CC3CCCC(C2)S3(=O)=O)c(OC)c1. The lowest BCUT2D eigenvalue weighted by atomic mass is 9.80. The van der Waals surface area contributed by atoms with Crippen LogP contribution in [-0.4, -0.2) is 38.2 Å². The lowest BCUT2D eigenvalue weighted by Crippen LogP contribution is -2.50. The molecule has 2 atom stereocenters. The van der Waals surface area contributed by atoms with E-state index in [0.717, 1.165) is 6.42 Å². The maximum atomic E-state index is 12.4. The number of ether oxygens (including phenoxy) is 2. The molecular formula is C16H22O5S. The Labute approximate surface area is 131 Å². The highest BCUT2D eigenvalue weighted by Crippen LogP contribution is 2.48. The molecule has 5 nitrogen and oxygen atoms in total. The summed E-state index contributed by atoms with van der Waals surface area (Å²) in [6.07, 6.45) is 2.69. The van der Waals surface area contributed by atoms with Gasteiger partial charge < -0.3 is 14.6 Å². The zero-order valence-electron chi connectivity index (χ0n) is 12.9. The summed E-state index contributed by atoms with van der Waals surface area (Å²) in [5.41, 5.74) is -0.499. The monoisotopic (exact) mass is 326 g/mol. The fourth-order valence-electron chi connectivity index (χ4n) is 3.85. The Morgan fingerprint density at radius 1 is 1.14 bits per heavy atom. The Hall–Kier alpha value is -1.27. The van der Waals surface area contributed by atoms with Crippen molar-refractivity contribution in [2.45, 2.75) is 48.2 Å². The molecule has 122 valence electrons. The van der Waals surface area contributed by atoms with Crippen molar-refractivity contribution in [1.82, 2.24) is 0 Å². The van der Waals surface area contributed by atoms with Gasteiger partial charge in [0.25, 0.3) is 0 Å². The number of sulfone groups is 1. The number of hydrogen-bond acceptors (Lipinski definition) is 5. The highest BCUT2D eigenvalue weighted by atomic mass is 32.2. The van der Waals surface area contributed by atoms with Gasteiger partial charge in [0, 0.05) is 11.6 Å². The van der Waals surface area contributed by atoms with Crippen molar-refractivity contribution >= 4 is 9.84 Å². The number of benzene rings is 1. The van der Waals surface area contributed by atoms with Crippen LogP contribution in [-0.2, 0) is 15.4 Å². The first-order valence-corrected chi connectivity index (χ1v) is 9.19. The fraction of sp³-hybridized carbons (Fsp3) is 0.625. The molecule has 1 aromatic rings. The summed E-state index contributed by atoms with van der Waals surface area (Å²) in [5, 5.41) is 10.3. The summed E-state index contributed by atoms with van der Waals surface area (Å²) in [6, 6.07) is 5.28. The molecule has 1 aromatic carbocycles. The molecule has 0 aliphatic carbocycles. The summed E-state index contributed by atoms with van der Waals surface area (Å²) < 4.78 is 35.4. The van der Waals surface area contributed by atoms with E-state index in [-0.39, 0.29) is 12.8 Å². The first-order valence-electron chi connectivity index (χ1n) is 7.58. The smallest absolute Gasteiger partial charge is 0.156 e. The predicted octanol–water partition coefficient (Wildman–Crippen LogP) is 2.02. The predicted molar refractivity (Wildman–Crippen MR) is 83.0 cm³/mol. The Morgan fingerprint density at radius 3 is 2.32 bits per heavy atom. The summed E-state index contributed by atoms with van der Waals surface area (Å²) >= 11 is 0. The first-order chi connectivity index (χ1) is 10.4. The van der Waals surface area contributed by atoms with Gasteiger partial charge in [0.1, 0.15) is 11.5 Å². The molecule has 0 spiro atoms. The molecule has 2 saturated heterocycles. The third kappa shape index (κ3) is 2.38. The summed E-state index contributed by atoms with van der Waals surface area (Å²) in [4.78, 5) is 0. The van der Waals surface area contributed by atoms with Crippen molar-refractivity contribution in [2.75, 3.05) is 14.2 Å². The van der Waals surface area contributed by atoms with E-state index in [1.807, 2.05) is 0 Å². The number of methoxy groups -OCH3 is 2. The average molecular weight is 326 g/mol. The minimum Gasteiger partial charge on any atom is -0.497 e. The van der Waals surface area contributed by atoms with E-state index in [1.165, 1.54) is 0 Å². The van der Waals surface area contributed by atoms with Crippen LogP contribution in [0.5, 0.6) is 11.5 Å². The van der Waals surface area contributed by atoms with Crippen molar-refractivity contribution in [2.24, 2.45) is 0 Å². The molecule has 0 saturated carbocycles. The Kier molecular flexibility index (Phi) is 3.85. The van der Waals surface area contributed by atoms with Crippen LogP contribution < -0.4 is 9.47 Å². The van der Waals surface area contributed by atoms with Gasteiger partial charge in [0.15, 0.2) is 9.84 Å². The van der Waals surface area contributed by atoms with Gasteiger partial charge in [-0.05, 0) is 37.8 Å². The molecule has 3 rings (SSSR count). The second kappa shape index (κ2) is 5.42. The molecule has 2 heterocycles. The molecule has 1 N–H and O–H groups in total. The zero-order valence-corrected chi connectivity index (χ0v) is 13.7. The maximum absolute atomic E-state index is 12.4. The van der Waals surface area contributed by atoms with Crippen molar-refractivity contribution in [1.29, 1.82) is 0 Å². The Morgan fingerprint density at radius 2 is 1.77 bits per heavy atom. The number of rotatable bonds is 3. The summed E-state index contributed by atoms with van der Waals surface area (Å²) in [6.45, 7) is 0. The van der Waals surface area contributed by atoms with Gasteiger partial charge in [-0.15, -0.1) is 0 Å². The molecule has 22 heavy (non-hydrogen) atoms. The maximum Gasteiger partial charge on any atom is 0.156 e. The van der Waals surface area contributed by atoms with Crippen LogP contribution in [0.1, 0.15) is 37.7 Å². The van der Waals surface area contributed by atoms with E-state index in [2.05, 4.69) is 0 Å². The van der Waals surface area contributed by atoms with Crippen molar-refractivity contribution in [3.63, 3.8) is 0 Å². The summed E-state index contributed by atoms with van der Waals surface area (Å²) in [5.74, 6) is 1.19. The topological polar surface area (TPSA) is 72.8 Å². The van der Waals surface area contributed by atoms with Crippen LogP contribution in [0.4, 0.5) is 0 Å². The second-order valence-corrected chi connectivity index (χ2v) is 8.78. The van der Waals surface area contributed by atoms with Crippen LogP contribution in [0, 0.1) is 0 Å². The molecule has 6 heteroatoms. The molecule has 2 unspecified atom stereocenters. The first kappa shape index (κ1) is 15.6. The largest absolute Gasteiger partial charge is 0.497 e. The molecule has 2 aliphatic rings. The molecule has 0 radical (unpaired) electrons. The van der Waals surface area contributed by atoms with Gasteiger partial charge >= 0.3 is 0 Å². The normalized spacial score (nSPS) is 33.2. The Bertz CT molecular complexity index is 647. The van der Waals surface area contributed by atoms with Crippen LogP contribution in [0.2, 0.25) is 0 Å². The molecule has 0 amide bonds. The van der Waals surface area contributed by atoms with Gasteiger partial charge in [0.05, 0.1) is 30.3 Å². The minimum absolute atomic E-state index is 0.245. The third-order valence-corrected chi connectivity index (χ3v) is 7.69. The number of fused-ring (bicyclic) bond motifs is 2. The van der Waals surface area contributed by atoms with Crippen LogP contribution in [0.15, 0.2) is 18.2 Å². The fourth-order valence-corrected chi connectivity index (χ4v) is 6.40. The standard InChI is InChI=1S/C16H22O5S/c1-20-11-6-7-14(15(8-11)21-2)16(17)9-12-4-3-5-13(10-16)22(12,18)19/h6-8,12-13,17H,3-5,9-10H2,1-2H3. The van der Waals surface area contributed by atoms with E-state index in [9.17, 15) is 13.5 Å². The number of aliphatic hydroxyl groups is 1. The molecular weight excluding hydrogens is 304 g/mol.